The topological polar surface area (TPSA) is 70.1 Å². The molecule has 0 saturated heterocycles. The van der Waals surface area contributed by atoms with Gasteiger partial charge in [-0.1, -0.05) is 12.1 Å². The van der Waals surface area contributed by atoms with Crippen LogP contribution < -0.4 is 10.5 Å². The standard InChI is InChI=1S/C14H17N3O2/c1-19-13-4-2-11(3-5-13)8-14(18)17-9-12(6-7-15)16-10-17/h2-5,9-10H,6-8,15H2,1H3. The van der Waals surface area contributed by atoms with Gasteiger partial charge in [0.1, 0.15) is 12.1 Å². The number of hydrogen-bond donors (Lipinski definition) is 1. The number of nitrogens with zero attached hydrogens (tertiary/aromatic N) is 2. The molecular weight excluding hydrogens is 242 g/mol. The van der Waals surface area contributed by atoms with Gasteiger partial charge in [-0.15, -0.1) is 0 Å². The second-order valence-electron chi connectivity index (χ2n) is 4.23. The third kappa shape index (κ3) is 3.42. The number of aromatic nitrogens is 2. The highest BCUT2D eigenvalue weighted by Gasteiger charge is 2.07. The van der Waals surface area contributed by atoms with Crippen LogP contribution in [0.1, 0.15) is 16.1 Å². The summed E-state index contributed by atoms with van der Waals surface area (Å²) >= 11 is 0. The molecule has 0 atom stereocenters. The molecular formula is C14H17N3O2. The molecule has 0 aliphatic heterocycles. The van der Waals surface area contributed by atoms with Crippen molar-refractivity contribution in [2.24, 2.45) is 5.73 Å². The van der Waals surface area contributed by atoms with Crippen LogP contribution in [-0.4, -0.2) is 29.1 Å². The zero-order valence-corrected chi connectivity index (χ0v) is 10.9. The van der Waals surface area contributed by atoms with Crippen molar-refractivity contribution in [3.05, 3.63) is 48.0 Å². The summed E-state index contributed by atoms with van der Waals surface area (Å²) in [6.07, 6.45) is 4.29. The van der Waals surface area contributed by atoms with Crippen molar-refractivity contribution in [3.63, 3.8) is 0 Å². The lowest BCUT2D eigenvalue weighted by atomic mass is 10.1. The maximum atomic E-state index is 12.0. The zero-order valence-electron chi connectivity index (χ0n) is 10.9. The Morgan fingerprint density at radius 1 is 1.37 bits per heavy atom. The SMILES string of the molecule is COc1ccc(CC(=O)n2cnc(CCN)c2)cc1. The molecule has 2 aromatic rings. The van der Waals surface area contributed by atoms with E-state index in [0.717, 1.165) is 17.0 Å². The van der Waals surface area contributed by atoms with E-state index in [1.54, 1.807) is 13.3 Å². The van der Waals surface area contributed by atoms with Gasteiger partial charge in [0.15, 0.2) is 0 Å². The fourth-order valence-corrected chi connectivity index (χ4v) is 1.79. The minimum Gasteiger partial charge on any atom is -0.497 e. The molecule has 0 fully saturated rings. The first-order valence-corrected chi connectivity index (χ1v) is 6.12. The monoisotopic (exact) mass is 259 g/mol. The minimum atomic E-state index is -0.0130. The highest BCUT2D eigenvalue weighted by Crippen LogP contribution is 2.12. The fraction of sp³-hybridized carbons (Fsp3) is 0.286. The summed E-state index contributed by atoms with van der Waals surface area (Å²) in [6, 6.07) is 7.45. The highest BCUT2D eigenvalue weighted by atomic mass is 16.5. The number of imidazole rings is 1. The van der Waals surface area contributed by atoms with E-state index < -0.39 is 0 Å². The molecule has 100 valence electrons. The largest absolute Gasteiger partial charge is 0.497 e. The van der Waals surface area contributed by atoms with Crippen molar-refractivity contribution in [1.29, 1.82) is 0 Å². The molecule has 1 aromatic carbocycles. The molecule has 5 heteroatoms. The van der Waals surface area contributed by atoms with Gasteiger partial charge < -0.3 is 10.5 Å². The molecule has 0 saturated carbocycles. The quantitative estimate of drug-likeness (QED) is 0.878. The molecule has 1 aromatic heterocycles. The van der Waals surface area contributed by atoms with Crippen LogP contribution in [0.25, 0.3) is 0 Å². The Balaban J connectivity index is 2.02. The van der Waals surface area contributed by atoms with Gasteiger partial charge in [-0.25, -0.2) is 4.98 Å². The molecule has 19 heavy (non-hydrogen) atoms. The first-order chi connectivity index (χ1) is 9.22. The van der Waals surface area contributed by atoms with Crippen LogP contribution >= 0.6 is 0 Å². The molecule has 5 nitrogen and oxygen atoms in total. The summed E-state index contributed by atoms with van der Waals surface area (Å²) in [4.78, 5) is 16.2. The number of ether oxygens (including phenoxy) is 1. The Kier molecular flexibility index (Phi) is 4.30. The first-order valence-electron chi connectivity index (χ1n) is 6.12. The average Bonchev–Trinajstić information content (AvgIpc) is 2.89. The smallest absolute Gasteiger partial charge is 0.236 e. The van der Waals surface area contributed by atoms with E-state index in [-0.39, 0.29) is 5.91 Å². The van der Waals surface area contributed by atoms with Gasteiger partial charge >= 0.3 is 0 Å². The molecule has 0 aliphatic carbocycles. The Hall–Kier alpha value is -2.14. The normalized spacial score (nSPS) is 10.4. The van der Waals surface area contributed by atoms with Crippen LogP contribution in [0, 0.1) is 0 Å². The molecule has 1 heterocycles. The fourth-order valence-electron chi connectivity index (χ4n) is 1.79. The Labute approximate surface area is 112 Å². The summed E-state index contributed by atoms with van der Waals surface area (Å²) in [5.74, 6) is 0.769. The van der Waals surface area contributed by atoms with E-state index in [0.29, 0.717) is 19.4 Å². The molecule has 0 unspecified atom stereocenters. The van der Waals surface area contributed by atoms with E-state index in [1.807, 2.05) is 24.3 Å². The lowest BCUT2D eigenvalue weighted by Crippen LogP contribution is -2.11. The minimum absolute atomic E-state index is 0.0130. The molecule has 0 bridgehead atoms. The van der Waals surface area contributed by atoms with Crippen LogP contribution in [-0.2, 0) is 12.8 Å². The van der Waals surface area contributed by atoms with Gasteiger partial charge in [-0.05, 0) is 24.2 Å². The van der Waals surface area contributed by atoms with Crippen molar-refractivity contribution in [2.45, 2.75) is 12.8 Å². The van der Waals surface area contributed by atoms with Gasteiger partial charge in [0, 0.05) is 12.6 Å². The summed E-state index contributed by atoms with van der Waals surface area (Å²) in [5.41, 5.74) is 7.23. The van der Waals surface area contributed by atoms with E-state index in [2.05, 4.69) is 4.98 Å². The van der Waals surface area contributed by atoms with Crippen molar-refractivity contribution in [1.82, 2.24) is 9.55 Å². The van der Waals surface area contributed by atoms with Crippen LogP contribution in [0.2, 0.25) is 0 Å². The van der Waals surface area contributed by atoms with Gasteiger partial charge in [0.2, 0.25) is 5.91 Å². The van der Waals surface area contributed by atoms with Gasteiger partial charge in [-0.2, -0.15) is 0 Å². The number of rotatable bonds is 5. The molecule has 0 radical (unpaired) electrons. The van der Waals surface area contributed by atoms with Gasteiger partial charge in [0.25, 0.3) is 0 Å². The molecule has 0 aliphatic rings. The van der Waals surface area contributed by atoms with Gasteiger partial charge in [-0.3, -0.25) is 9.36 Å². The molecule has 2 rings (SSSR count). The van der Waals surface area contributed by atoms with Crippen LogP contribution in [0.15, 0.2) is 36.8 Å². The third-order valence-corrected chi connectivity index (χ3v) is 2.84. The molecule has 2 N–H and O–H groups in total. The number of benzene rings is 1. The van der Waals surface area contributed by atoms with E-state index in [9.17, 15) is 4.79 Å². The maximum absolute atomic E-state index is 12.0. The van der Waals surface area contributed by atoms with Crippen molar-refractivity contribution < 1.29 is 9.53 Å². The number of carbonyl (C=O) groups excluding carboxylic acids is 1. The highest BCUT2D eigenvalue weighted by molar-refractivity contribution is 5.81. The Bertz CT molecular complexity index is 546. The van der Waals surface area contributed by atoms with Crippen molar-refractivity contribution in [2.75, 3.05) is 13.7 Å². The van der Waals surface area contributed by atoms with Crippen molar-refractivity contribution >= 4 is 5.91 Å². The van der Waals surface area contributed by atoms with Crippen LogP contribution in [0.4, 0.5) is 0 Å². The second kappa shape index (κ2) is 6.15. The number of nitrogens with two attached hydrogens (primary N) is 1. The predicted octanol–water partition coefficient (Wildman–Crippen LogP) is 1.28. The Morgan fingerprint density at radius 3 is 2.74 bits per heavy atom. The predicted molar refractivity (Wildman–Crippen MR) is 72.3 cm³/mol. The molecule has 0 spiro atoms. The first kappa shape index (κ1) is 13.3. The third-order valence-electron chi connectivity index (χ3n) is 2.84. The zero-order chi connectivity index (χ0) is 13.7. The van der Waals surface area contributed by atoms with Crippen molar-refractivity contribution in [3.8, 4) is 5.75 Å². The van der Waals surface area contributed by atoms with Crippen LogP contribution in [0.3, 0.4) is 0 Å². The lowest BCUT2D eigenvalue weighted by Gasteiger charge is -2.03. The summed E-state index contributed by atoms with van der Waals surface area (Å²) in [5, 5.41) is 0. The number of methoxy groups -OCH3 is 1. The average molecular weight is 259 g/mol. The van der Waals surface area contributed by atoms with Crippen LogP contribution in [0.5, 0.6) is 5.75 Å². The van der Waals surface area contributed by atoms with Gasteiger partial charge in [0.05, 0.1) is 19.2 Å². The second-order valence-corrected chi connectivity index (χ2v) is 4.23. The summed E-state index contributed by atoms with van der Waals surface area (Å²) < 4.78 is 6.59. The Morgan fingerprint density at radius 2 is 2.11 bits per heavy atom. The number of carbonyl (C=O) groups is 1. The molecule has 0 amide bonds. The van der Waals surface area contributed by atoms with E-state index >= 15 is 0 Å². The van der Waals surface area contributed by atoms with E-state index in [4.69, 9.17) is 10.5 Å². The number of hydrogen-bond acceptors (Lipinski definition) is 4. The van der Waals surface area contributed by atoms with E-state index in [1.165, 1.54) is 10.9 Å². The lowest BCUT2D eigenvalue weighted by molar-refractivity contribution is 0.0914. The summed E-state index contributed by atoms with van der Waals surface area (Å²) in [6.45, 7) is 0.531. The maximum Gasteiger partial charge on any atom is 0.236 e. The summed E-state index contributed by atoms with van der Waals surface area (Å²) in [7, 11) is 1.62.